The standard InChI is InChI=1S/C26H24F2IN5O5S/c1-33-24-20(23(21(28)26(33)36)30-19-9-6-15(29)13-18(19)27)25(35)34(10-11-39-2)31-22(24)14-4-3-5-16(12-14)32-40(37,38)17-7-8-17/h3-6,9,12-13,17,30,32H,7-8,10-11H2,1-2H3. The zero-order valence-electron chi connectivity index (χ0n) is 21.4. The summed E-state index contributed by atoms with van der Waals surface area (Å²) in [5.74, 6) is -1.98. The second kappa shape index (κ2) is 10.9. The van der Waals surface area contributed by atoms with Gasteiger partial charge in [0.05, 0.1) is 40.7 Å². The zero-order chi connectivity index (χ0) is 28.8. The van der Waals surface area contributed by atoms with Crippen LogP contribution in [0.1, 0.15) is 12.8 Å². The Kier molecular flexibility index (Phi) is 7.67. The first kappa shape index (κ1) is 28.2. The number of halogens is 3. The van der Waals surface area contributed by atoms with Gasteiger partial charge in [-0.25, -0.2) is 17.5 Å². The predicted molar refractivity (Wildman–Crippen MR) is 156 cm³/mol. The first-order valence-corrected chi connectivity index (χ1v) is 14.8. The number of nitrogens with one attached hydrogen (secondary N) is 2. The van der Waals surface area contributed by atoms with Crippen LogP contribution in [0.25, 0.3) is 22.2 Å². The molecule has 5 rings (SSSR count). The van der Waals surface area contributed by atoms with Gasteiger partial charge in [-0.05, 0) is 65.8 Å². The number of methoxy groups -OCH3 is 1. The molecule has 2 aromatic heterocycles. The van der Waals surface area contributed by atoms with Gasteiger partial charge in [-0.2, -0.15) is 9.49 Å². The molecule has 4 aromatic rings. The molecule has 0 amide bonds. The Hall–Kier alpha value is -3.37. The van der Waals surface area contributed by atoms with Gasteiger partial charge in [-0.15, -0.1) is 0 Å². The maximum absolute atomic E-state index is 15.5. The number of hydrogen-bond donors (Lipinski definition) is 2. The van der Waals surface area contributed by atoms with Crippen LogP contribution in [0, 0.1) is 15.2 Å². The summed E-state index contributed by atoms with van der Waals surface area (Å²) in [6, 6.07) is 10.5. The number of anilines is 3. The normalized spacial score (nSPS) is 13.5. The van der Waals surface area contributed by atoms with Crippen LogP contribution in [0.3, 0.4) is 0 Å². The summed E-state index contributed by atoms with van der Waals surface area (Å²) < 4.78 is 65.6. The van der Waals surface area contributed by atoms with E-state index in [1.807, 2.05) is 22.6 Å². The summed E-state index contributed by atoms with van der Waals surface area (Å²) in [6.45, 7) is 0.0932. The molecule has 0 aliphatic heterocycles. The first-order chi connectivity index (χ1) is 19.0. The molecule has 210 valence electrons. The molecule has 0 radical (unpaired) electrons. The van der Waals surface area contributed by atoms with Crippen molar-refractivity contribution in [1.29, 1.82) is 0 Å². The summed E-state index contributed by atoms with van der Waals surface area (Å²) in [7, 11) is -0.829. The molecule has 2 N–H and O–H groups in total. The molecule has 0 atom stereocenters. The largest absolute Gasteiger partial charge is 0.383 e. The lowest BCUT2D eigenvalue weighted by atomic mass is 10.1. The topological polar surface area (TPSA) is 124 Å². The van der Waals surface area contributed by atoms with Gasteiger partial charge in [0.2, 0.25) is 15.8 Å². The van der Waals surface area contributed by atoms with E-state index in [1.165, 1.54) is 32.4 Å². The molecule has 1 saturated carbocycles. The molecule has 1 aliphatic carbocycles. The van der Waals surface area contributed by atoms with Crippen molar-refractivity contribution in [2.75, 3.05) is 23.8 Å². The smallest absolute Gasteiger partial charge is 0.289 e. The van der Waals surface area contributed by atoms with E-state index in [1.54, 1.807) is 24.3 Å². The number of fused-ring (bicyclic) bond motifs is 1. The average Bonchev–Trinajstić information content (AvgIpc) is 3.77. The van der Waals surface area contributed by atoms with Crippen LogP contribution in [0.4, 0.5) is 25.8 Å². The van der Waals surface area contributed by atoms with Crippen LogP contribution in [0.2, 0.25) is 0 Å². The van der Waals surface area contributed by atoms with Crippen molar-refractivity contribution in [3.63, 3.8) is 0 Å². The molecule has 10 nitrogen and oxygen atoms in total. The van der Waals surface area contributed by atoms with Crippen molar-refractivity contribution in [3.05, 3.63) is 78.4 Å². The van der Waals surface area contributed by atoms with Crippen LogP contribution < -0.4 is 21.2 Å². The molecule has 2 aromatic carbocycles. The summed E-state index contributed by atoms with van der Waals surface area (Å²) in [6.07, 6.45) is 1.16. The number of sulfonamides is 1. The maximum atomic E-state index is 15.5. The van der Waals surface area contributed by atoms with Gasteiger partial charge >= 0.3 is 0 Å². The van der Waals surface area contributed by atoms with Crippen molar-refractivity contribution < 1.29 is 21.9 Å². The van der Waals surface area contributed by atoms with E-state index < -0.39 is 43.7 Å². The summed E-state index contributed by atoms with van der Waals surface area (Å²) in [5, 5.41) is 6.39. The average molecular weight is 683 g/mol. The van der Waals surface area contributed by atoms with Gasteiger partial charge in [-0.1, -0.05) is 12.1 Å². The number of rotatable bonds is 9. The molecule has 0 bridgehead atoms. The minimum absolute atomic E-state index is 0.00589. The predicted octanol–water partition coefficient (Wildman–Crippen LogP) is 3.94. The molecular formula is C26H24F2IN5O5S. The zero-order valence-corrected chi connectivity index (χ0v) is 24.3. The molecule has 1 aliphatic rings. The fourth-order valence-corrected chi connectivity index (χ4v) is 6.13. The molecule has 0 unspecified atom stereocenters. The van der Waals surface area contributed by atoms with Gasteiger partial charge < -0.3 is 14.6 Å². The Bertz CT molecular complexity index is 1870. The van der Waals surface area contributed by atoms with E-state index in [0.717, 1.165) is 9.25 Å². The molecule has 40 heavy (non-hydrogen) atoms. The Balaban J connectivity index is 1.78. The van der Waals surface area contributed by atoms with Crippen LogP contribution in [0.15, 0.2) is 52.1 Å². The maximum Gasteiger partial charge on any atom is 0.289 e. The molecular weight excluding hydrogens is 659 g/mol. The molecule has 0 spiro atoms. The second-order valence-electron chi connectivity index (χ2n) is 9.32. The number of pyridine rings is 1. The van der Waals surface area contributed by atoms with Gasteiger partial charge in [0.15, 0.2) is 0 Å². The van der Waals surface area contributed by atoms with Crippen molar-refractivity contribution in [2.45, 2.75) is 24.6 Å². The number of nitrogens with zero attached hydrogens (tertiary/aromatic N) is 3. The monoisotopic (exact) mass is 683 g/mol. The van der Waals surface area contributed by atoms with E-state index in [2.05, 4.69) is 15.1 Å². The minimum Gasteiger partial charge on any atom is -0.383 e. The summed E-state index contributed by atoms with van der Waals surface area (Å²) >= 11 is 1.92. The van der Waals surface area contributed by atoms with Crippen molar-refractivity contribution >= 4 is 60.6 Å². The highest BCUT2D eigenvalue weighted by molar-refractivity contribution is 14.1. The number of hydrogen-bond acceptors (Lipinski definition) is 7. The first-order valence-electron chi connectivity index (χ1n) is 12.2. The number of aromatic nitrogens is 3. The Morgan fingerprint density at radius 1 is 1.12 bits per heavy atom. The SMILES string of the molecule is COCCn1nc(-c2cccc(NS(=O)(=O)C3CC3)c2)c2c(c(Nc3ccc(I)cc3F)c(F)c(=O)n2C)c1=O. The molecule has 2 heterocycles. The van der Waals surface area contributed by atoms with E-state index >= 15 is 4.39 Å². The van der Waals surface area contributed by atoms with E-state index in [-0.39, 0.29) is 41.1 Å². The number of ether oxygens (including phenoxy) is 1. The molecule has 14 heteroatoms. The highest BCUT2D eigenvalue weighted by Crippen LogP contribution is 2.34. The Morgan fingerprint density at radius 2 is 1.88 bits per heavy atom. The van der Waals surface area contributed by atoms with Crippen LogP contribution in [-0.4, -0.2) is 41.7 Å². The van der Waals surface area contributed by atoms with Crippen molar-refractivity contribution in [2.24, 2.45) is 7.05 Å². The lowest BCUT2D eigenvalue weighted by Crippen LogP contribution is -2.31. The molecule has 0 saturated heterocycles. The number of aryl methyl sites for hydroxylation is 1. The second-order valence-corrected chi connectivity index (χ2v) is 12.5. The van der Waals surface area contributed by atoms with Gasteiger partial charge in [-0.3, -0.25) is 14.3 Å². The fourth-order valence-electron chi connectivity index (χ4n) is 4.30. The van der Waals surface area contributed by atoms with Gasteiger partial charge in [0, 0.05) is 29.0 Å². The minimum atomic E-state index is -3.57. The quantitative estimate of drug-likeness (QED) is 0.256. The van der Waals surface area contributed by atoms with E-state index in [9.17, 15) is 22.4 Å². The highest BCUT2D eigenvalue weighted by Gasteiger charge is 2.35. The van der Waals surface area contributed by atoms with E-state index in [4.69, 9.17) is 4.74 Å². The lowest BCUT2D eigenvalue weighted by molar-refractivity contribution is 0.182. The summed E-state index contributed by atoms with van der Waals surface area (Å²) in [4.78, 5) is 26.7. The van der Waals surface area contributed by atoms with Gasteiger partial charge in [0.25, 0.3) is 11.1 Å². The third-order valence-corrected chi connectivity index (χ3v) is 9.03. The van der Waals surface area contributed by atoms with Crippen LogP contribution in [0.5, 0.6) is 0 Å². The van der Waals surface area contributed by atoms with Gasteiger partial charge in [0.1, 0.15) is 11.5 Å². The van der Waals surface area contributed by atoms with E-state index in [0.29, 0.717) is 22.0 Å². The van der Waals surface area contributed by atoms with Crippen LogP contribution in [-0.2, 0) is 28.4 Å². The Labute approximate surface area is 241 Å². The van der Waals surface area contributed by atoms with Crippen LogP contribution >= 0.6 is 22.6 Å². The number of benzene rings is 2. The third-order valence-electron chi connectivity index (χ3n) is 6.48. The van der Waals surface area contributed by atoms with Crippen molar-refractivity contribution in [1.82, 2.24) is 14.3 Å². The third kappa shape index (κ3) is 5.34. The Morgan fingerprint density at radius 3 is 2.55 bits per heavy atom. The van der Waals surface area contributed by atoms with Crippen molar-refractivity contribution in [3.8, 4) is 11.3 Å². The molecule has 1 fully saturated rings. The fraction of sp³-hybridized carbons (Fsp3) is 0.269. The summed E-state index contributed by atoms with van der Waals surface area (Å²) in [5.41, 5.74) is -1.70. The lowest BCUT2D eigenvalue weighted by Gasteiger charge is -2.18. The highest BCUT2D eigenvalue weighted by atomic mass is 127.